The maximum atomic E-state index is 13.2. The molecule has 1 saturated heterocycles. The fourth-order valence-electron chi connectivity index (χ4n) is 2.43. The van der Waals surface area contributed by atoms with E-state index in [-0.39, 0.29) is 10.7 Å². The van der Waals surface area contributed by atoms with Crippen molar-refractivity contribution < 1.29 is 19.1 Å². The Morgan fingerprint density at radius 3 is 2.71 bits per heavy atom. The molecule has 0 aromatic heterocycles. The summed E-state index contributed by atoms with van der Waals surface area (Å²) in [4.78, 5) is 24.8. The number of carbonyl (C=O) groups excluding carboxylic acids is 1. The minimum absolute atomic E-state index is 0.163. The number of likely N-dealkylation sites (tertiary alicyclic amines) is 1. The van der Waals surface area contributed by atoms with Crippen LogP contribution in [0, 0.1) is 5.82 Å². The van der Waals surface area contributed by atoms with Gasteiger partial charge >= 0.3 is 12.0 Å². The van der Waals surface area contributed by atoms with Crippen LogP contribution >= 0.6 is 11.6 Å². The number of carboxylic acid groups (broad SMARTS) is 1. The summed E-state index contributed by atoms with van der Waals surface area (Å²) in [6.07, 6.45) is 2.83. The number of nitrogens with zero attached hydrogens (tertiary/aromatic N) is 1. The van der Waals surface area contributed by atoms with Crippen molar-refractivity contribution in [1.82, 2.24) is 4.90 Å². The van der Waals surface area contributed by atoms with Gasteiger partial charge in [0, 0.05) is 17.3 Å². The standard InChI is InChI=1S/C14H16ClFN2O3/c15-9-6-10(16)8-11(7-9)17-14(21)18-5-3-1-2-4-12(18)13(19)20/h6-8,12H,1-5H2,(H,17,21)(H,19,20). The van der Waals surface area contributed by atoms with Crippen LogP contribution < -0.4 is 5.32 Å². The van der Waals surface area contributed by atoms with Crippen molar-refractivity contribution in [3.63, 3.8) is 0 Å². The summed E-state index contributed by atoms with van der Waals surface area (Å²) in [7, 11) is 0. The van der Waals surface area contributed by atoms with E-state index in [0.29, 0.717) is 13.0 Å². The maximum absolute atomic E-state index is 13.2. The van der Waals surface area contributed by atoms with Crippen molar-refractivity contribution in [1.29, 1.82) is 0 Å². The molecule has 21 heavy (non-hydrogen) atoms. The molecule has 0 saturated carbocycles. The summed E-state index contributed by atoms with van der Waals surface area (Å²) in [5.74, 6) is -1.59. The van der Waals surface area contributed by atoms with Gasteiger partial charge in [0.15, 0.2) is 0 Å². The molecule has 5 nitrogen and oxygen atoms in total. The predicted octanol–water partition coefficient (Wildman–Crippen LogP) is 3.34. The van der Waals surface area contributed by atoms with Gasteiger partial charge in [-0.15, -0.1) is 0 Å². The largest absolute Gasteiger partial charge is 0.480 e. The molecule has 1 atom stereocenters. The lowest BCUT2D eigenvalue weighted by Gasteiger charge is -2.27. The van der Waals surface area contributed by atoms with Crippen molar-refractivity contribution in [2.24, 2.45) is 0 Å². The number of hydrogen-bond acceptors (Lipinski definition) is 2. The molecule has 1 aromatic carbocycles. The summed E-state index contributed by atoms with van der Waals surface area (Å²) in [6.45, 7) is 0.367. The van der Waals surface area contributed by atoms with E-state index in [1.165, 1.54) is 11.0 Å². The molecule has 1 aliphatic rings. The number of benzene rings is 1. The number of nitrogens with one attached hydrogen (secondary N) is 1. The number of carbonyl (C=O) groups is 2. The average Bonchev–Trinajstić information content (AvgIpc) is 2.62. The lowest BCUT2D eigenvalue weighted by molar-refractivity contribution is -0.142. The first-order valence-electron chi connectivity index (χ1n) is 6.74. The Bertz CT molecular complexity index is 533. The van der Waals surface area contributed by atoms with Crippen LogP contribution in [0.2, 0.25) is 5.02 Å². The zero-order valence-electron chi connectivity index (χ0n) is 11.3. The zero-order valence-corrected chi connectivity index (χ0v) is 12.1. The Hall–Kier alpha value is -1.82. The zero-order chi connectivity index (χ0) is 15.4. The van der Waals surface area contributed by atoms with Gasteiger partial charge < -0.3 is 15.3 Å². The van der Waals surface area contributed by atoms with Gasteiger partial charge in [0.25, 0.3) is 0 Å². The molecule has 2 rings (SSSR count). The van der Waals surface area contributed by atoms with E-state index in [1.807, 2.05) is 0 Å². The molecule has 0 bridgehead atoms. The van der Waals surface area contributed by atoms with Crippen molar-refractivity contribution in [2.45, 2.75) is 31.7 Å². The highest BCUT2D eigenvalue weighted by molar-refractivity contribution is 6.30. The van der Waals surface area contributed by atoms with E-state index in [0.717, 1.165) is 31.4 Å². The second kappa shape index (κ2) is 6.76. The van der Waals surface area contributed by atoms with Crippen LogP contribution in [0.3, 0.4) is 0 Å². The number of aliphatic carboxylic acids is 1. The van der Waals surface area contributed by atoms with Gasteiger partial charge in [0.05, 0.1) is 0 Å². The van der Waals surface area contributed by atoms with Crippen LogP contribution in [-0.2, 0) is 4.79 Å². The normalized spacial score (nSPS) is 19.0. The minimum Gasteiger partial charge on any atom is -0.480 e. The topological polar surface area (TPSA) is 69.6 Å². The van der Waals surface area contributed by atoms with Crippen LogP contribution in [0.4, 0.5) is 14.9 Å². The SMILES string of the molecule is O=C(O)C1CCCCCN1C(=O)Nc1cc(F)cc(Cl)c1. The van der Waals surface area contributed by atoms with E-state index in [1.54, 1.807) is 0 Å². The molecule has 0 radical (unpaired) electrons. The number of halogens is 2. The third-order valence-electron chi connectivity index (χ3n) is 3.41. The Labute approximate surface area is 126 Å². The highest BCUT2D eigenvalue weighted by Gasteiger charge is 2.30. The fraction of sp³-hybridized carbons (Fsp3) is 0.429. The van der Waals surface area contributed by atoms with Crippen LogP contribution in [0.15, 0.2) is 18.2 Å². The first kappa shape index (κ1) is 15.6. The third kappa shape index (κ3) is 4.07. The average molecular weight is 315 g/mol. The fourth-order valence-corrected chi connectivity index (χ4v) is 2.65. The molecular weight excluding hydrogens is 299 g/mol. The number of rotatable bonds is 2. The molecule has 114 valence electrons. The first-order valence-corrected chi connectivity index (χ1v) is 7.11. The van der Waals surface area contributed by atoms with E-state index >= 15 is 0 Å². The lowest BCUT2D eigenvalue weighted by Crippen LogP contribution is -2.46. The Morgan fingerprint density at radius 2 is 2.05 bits per heavy atom. The van der Waals surface area contributed by atoms with Crippen LogP contribution in [-0.4, -0.2) is 34.6 Å². The van der Waals surface area contributed by atoms with Gasteiger partial charge in [-0.25, -0.2) is 14.0 Å². The molecule has 1 heterocycles. The van der Waals surface area contributed by atoms with Crippen molar-refractivity contribution in [2.75, 3.05) is 11.9 Å². The number of anilines is 1. The van der Waals surface area contributed by atoms with Crippen LogP contribution in [0.5, 0.6) is 0 Å². The number of urea groups is 1. The third-order valence-corrected chi connectivity index (χ3v) is 3.63. The van der Waals surface area contributed by atoms with E-state index in [4.69, 9.17) is 11.6 Å². The van der Waals surface area contributed by atoms with Crippen molar-refractivity contribution in [3.05, 3.63) is 29.0 Å². The van der Waals surface area contributed by atoms with Gasteiger partial charge in [-0.05, 0) is 31.0 Å². The first-order chi connectivity index (χ1) is 9.97. The van der Waals surface area contributed by atoms with Crippen LogP contribution in [0.1, 0.15) is 25.7 Å². The van der Waals surface area contributed by atoms with E-state index in [2.05, 4.69) is 5.32 Å². The quantitative estimate of drug-likeness (QED) is 0.879. The van der Waals surface area contributed by atoms with E-state index in [9.17, 15) is 19.1 Å². The molecule has 1 fully saturated rings. The summed E-state index contributed by atoms with van der Waals surface area (Å²) in [5.41, 5.74) is 0.207. The summed E-state index contributed by atoms with van der Waals surface area (Å²) < 4.78 is 13.2. The highest BCUT2D eigenvalue weighted by Crippen LogP contribution is 2.21. The Balaban J connectivity index is 2.14. The smallest absolute Gasteiger partial charge is 0.326 e. The maximum Gasteiger partial charge on any atom is 0.326 e. The van der Waals surface area contributed by atoms with Crippen molar-refractivity contribution in [3.8, 4) is 0 Å². The molecule has 2 N–H and O–H groups in total. The Kier molecular flexibility index (Phi) is 5.01. The number of hydrogen-bond donors (Lipinski definition) is 2. The van der Waals surface area contributed by atoms with Gasteiger partial charge in [-0.3, -0.25) is 0 Å². The second-order valence-corrected chi connectivity index (χ2v) is 5.42. The second-order valence-electron chi connectivity index (χ2n) is 4.99. The molecule has 0 aliphatic carbocycles. The van der Waals surface area contributed by atoms with Gasteiger partial charge in [0.1, 0.15) is 11.9 Å². The number of carboxylic acids is 1. The summed E-state index contributed by atoms with van der Waals surface area (Å²) in [6, 6.07) is 2.28. The predicted molar refractivity (Wildman–Crippen MR) is 77.0 cm³/mol. The Morgan fingerprint density at radius 1 is 1.29 bits per heavy atom. The van der Waals surface area contributed by atoms with Gasteiger partial charge in [-0.2, -0.15) is 0 Å². The van der Waals surface area contributed by atoms with Gasteiger partial charge in [0.2, 0.25) is 0 Å². The number of amides is 2. The van der Waals surface area contributed by atoms with Crippen molar-refractivity contribution >= 4 is 29.3 Å². The molecule has 7 heteroatoms. The monoisotopic (exact) mass is 314 g/mol. The molecule has 1 aromatic rings. The molecule has 0 spiro atoms. The van der Waals surface area contributed by atoms with Crippen LogP contribution in [0.25, 0.3) is 0 Å². The molecule has 2 amide bonds. The molecule has 1 aliphatic heterocycles. The van der Waals surface area contributed by atoms with E-state index < -0.39 is 23.9 Å². The summed E-state index contributed by atoms with van der Waals surface area (Å²) >= 11 is 5.73. The lowest BCUT2D eigenvalue weighted by atomic mass is 10.1. The van der Waals surface area contributed by atoms with Gasteiger partial charge in [-0.1, -0.05) is 24.4 Å². The molecular formula is C14H16ClFN2O3. The highest BCUT2D eigenvalue weighted by atomic mass is 35.5. The summed E-state index contributed by atoms with van der Waals surface area (Å²) in [5, 5.41) is 11.9. The minimum atomic E-state index is -1.02. The molecule has 1 unspecified atom stereocenters.